The molecule has 0 atom stereocenters. The van der Waals surface area contributed by atoms with Gasteiger partial charge in [0.2, 0.25) is 0 Å². The summed E-state index contributed by atoms with van der Waals surface area (Å²) in [7, 11) is 0. The van der Waals surface area contributed by atoms with Crippen molar-refractivity contribution in [1.29, 1.82) is 0 Å². The summed E-state index contributed by atoms with van der Waals surface area (Å²) < 4.78 is 6.40. The number of benzene rings is 2. The summed E-state index contributed by atoms with van der Waals surface area (Å²) in [6, 6.07) is 15.2. The van der Waals surface area contributed by atoms with E-state index < -0.39 is 0 Å². The van der Waals surface area contributed by atoms with Crippen molar-refractivity contribution in [1.82, 2.24) is 4.98 Å². The van der Waals surface area contributed by atoms with Crippen LogP contribution < -0.4 is 0 Å². The molecule has 0 unspecified atom stereocenters. The van der Waals surface area contributed by atoms with Crippen LogP contribution in [0.3, 0.4) is 0 Å². The molecule has 3 nitrogen and oxygen atoms in total. The monoisotopic (exact) mass is 283 g/mol. The van der Waals surface area contributed by atoms with Crippen LogP contribution in [0.5, 0.6) is 0 Å². The molecule has 0 fully saturated rings. The van der Waals surface area contributed by atoms with Gasteiger partial charge in [-0.05, 0) is 31.2 Å². The van der Waals surface area contributed by atoms with E-state index in [1.54, 1.807) is 23.5 Å². The number of fused-ring (bicyclic) bond motifs is 1. The average Bonchev–Trinajstić information content (AvgIpc) is 2.88. The molecule has 0 amide bonds. The minimum atomic E-state index is -0.316. The Balaban J connectivity index is 1.69. The maximum atomic E-state index is 11.9. The highest BCUT2D eigenvalue weighted by Gasteiger charge is 2.09. The molecule has 0 aliphatic rings. The second-order valence-corrected chi connectivity index (χ2v) is 5.63. The predicted octanol–water partition coefficient (Wildman–Crippen LogP) is 3.96. The van der Waals surface area contributed by atoms with Crippen LogP contribution in [0.2, 0.25) is 0 Å². The van der Waals surface area contributed by atoms with E-state index >= 15 is 0 Å². The first kappa shape index (κ1) is 12.8. The van der Waals surface area contributed by atoms with Gasteiger partial charge >= 0.3 is 5.97 Å². The highest BCUT2D eigenvalue weighted by atomic mass is 32.1. The van der Waals surface area contributed by atoms with Crippen LogP contribution in [-0.2, 0) is 11.3 Å². The fourth-order valence-corrected chi connectivity index (χ4v) is 2.76. The van der Waals surface area contributed by atoms with E-state index in [2.05, 4.69) is 4.98 Å². The number of aromatic nitrogens is 1. The number of nitrogens with zero attached hydrogens (tertiary/aromatic N) is 1. The Morgan fingerprint density at radius 1 is 1.15 bits per heavy atom. The third-order valence-corrected chi connectivity index (χ3v) is 3.96. The fraction of sp³-hybridized carbons (Fsp3) is 0.125. The van der Waals surface area contributed by atoms with Gasteiger partial charge in [0.25, 0.3) is 0 Å². The molecule has 0 aliphatic carbocycles. The van der Waals surface area contributed by atoms with E-state index in [9.17, 15) is 4.79 Å². The maximum Gasteiger partial charge on any atom is 0.338 e. The van der Waals surface area contributed by atoms with E-state index in [-0.39, 0.29) is 12.6 Å². The SMILES string of the molecule is Cc1ccc(C(=O)OCc2nc3ccccc3s2)cc1. The van der Waals surface area contributed by atoms with Crippen LogP contribution in [0, 0.1) is 6.92 Å². The summed E-state index contributed by atoms with van der Waals surface area (Å²) in [4.78, 5) is 16.3. The summed E-state index contributed by atoms with van der Waals surface area (Å²) in [5.74, 6) is -0.316. The first-order chi connectivity index (χ1) is 9.72. The lowest BCUT2D eigenvalue weighted by molar-refractivity contribution is 0.0472. The van der Waals surface area contributed by atoms with Crippen LogP contribution >= 0.6 is 11.3 Å². The van der Waals surface area contributed by atoms with Gasteiger partial charge in [0.1, 0.15) is 11.6 Å². The zero-order chi connectivity index (χ0) is 13.9. The highest BCUT2D eigenvalue weighted by molar-refractivity contribution is 7.18. The van der Waals surface area contributed by atoms with Gasteiger partial charge in [-0.25, -0.2) is 9.78 Å². The van der Waals surface area contributed by atoms with E-state index in [1.807, 2.05) is 43.3 Å². The third-order valence-electron chi connectivity index (χ3n) is 2.95. The van der Waals surface area contributed by atoms with Crippen molar-refractivity contribution >= 4 is 27.5 Å². The molecule has 3 rings (SSSR count). The highest BCUT2D eigenvalue weighted by Crippen LogP contribution is 2.22. The second-order valence-electron chi connectivity index (χ2n) is 4.52. The lowest BCUT2D eigenvalue weighted by Gasteiger charge is -2.02. The predicted molar refractivity (Wildman–Crippen MR) is 79.9 cm³/mol. The molecule has 2 aromatic carbocycles. The number of esters is 1. The van der Waals surface area contributed by atoms with Gasteiger partial charge in [-0.15, -0.1) is 11.3 Å². The summed E-state index contributed by atoms with van der Waals surface area (Å²) in [5, 5.41) is 0.812. The Bertz CT molecular complexity index is 714. The molecule has 0 saturated heterocycles. The number of para-hydroxylation sites is 1. The topological polar surface area (TPSA) is 39.2 Å². The first-order valence-corrected chi connectivity index (χ1v) is 7.12. The van der Waals surface area contributed by atoms with E-state index in [4.69, 9.17) is 4.74 Å². The summed E-state index contributed by atoms with van der Waals surface area (Å²) in [6.45, 7) is 2.20. The minimum Gasteiger partial charge on any atom is -0.455 e. The smallest absolute Gasteiger partial charge is 0.338 e. The second kappa shape index (κ2) is 5.43. The average molecular weight is 283 g/mol. The summed E-state index contributed by atoms with van der Waals surface area (Å²) >= 11 is 1.55. The molecule has 0 saturated carbocycles. The molecular weight excluding hydrogens is 270 g/mol. The van der Waals surface area contributed by atoms with Crippen molar-refractivity contribution in [3.63, 3.8) is 0 Å². The van der Waals surface area contributed by atoms with Crippen molar-refractivity contribution in [2.75, 3.05) is 0 Å². The minimum absolute atomic E-state index is 0.214. The van der Waals surface area contributed by atoms with Crippen molar-refractivity contribution in [2.24, 2.45) is 0 Å². The molecule has 1 heterocycles. The maximum absolute atomic E-state index is 11.9. The molecule has 3 aromatic rings. The Morgan fingerprint density at radius 2 is 1.90 bits per heavy atom. The number of carbonyl (C=O) groups excluding carboxylic acids is 1. The van der Waals surface area contributed by atoms with Gasteiger partial charge in [-0.3, -0.25) is 0 Å². The number of ether oxygens (including phenoxy) is 1. The molecule has 1 aromatic heterocycles. The largest absolute Gasteiger partial charge is 0.455 e. The van der Waals surface area contributed by atoms with Crippen LogP contribution in [-0.4, -0.2) is 11.0 Å². The van der Waals surface area contributed by atoms with E-state index in [0.29, 0.717) is 5.56 Å². The number of carbonyl (C=O) groups is 1. The number of hydrogen-bond acceptors (Lipinski definition) is 4. The van der Waals surface area contributed by atoms with Gasteiger partial charge in [0.15, 0.2) is 0 Å². The first-order valence-electron chi connectivity index (χ1n) is 6.30. The zero-order valence-corrected chi connectivity index (χ0v) is 11.8. The summed E-state index contributed by atoms with van der Waals surface area (Å²) in [5.41, 5.74) is 2.63. The van der Waals surface area contributed by atoms with Crippen molar-refractivity contribution in [3.8, 4) is 0 Å². The Morgan fingerprint density at radius 3 is 2.65 bits per heavy atom. The molecule has 0 bridgehead atoms. The Hall–Kier alpha value is -2.20. The zero-order valence-electron chi connectivity index (χ0n) is 11.0. The van der Waals surface area contributed by atoms with E-state index in [0.717, 1.165) is 20.8 Å². The molecule has 0 aliphatic heterocycles. The number of thiazole rings is 1. The molecule has 0 radical (unpaired) electrons. The molecule has 100 valence electrons. The van der Waals surface area contributed by atoms with Gasteiger partial charge < -0.3 is 4.74 Å². The Kier molecular flexibility index (Phi) is 3.48. The van der Waals surface area contributed by atoms with Crippen LogP contribution in [0.25, 0.3) is 10.2 Å². The molecule has 0 spiro atoms. The number of rotatable bonds is 3. The van der Waals surface area contributed by atoms with E-state index in [1.165, 1.54) is 0 Å². The molecule has 0 N–H and O–H groups in total. The van der Waals surface area contributed by atoms with Crippen molar-refractivity contribution in [3.05, 3.63) is 64.7 Å². The van der Waals surface area contributed by atoms with Gasteiger partial charge in [-0.1, -0.05) is 29.8 Å². The fourth-order valence-electron chi connectivity index (χ4n) is 1.88. The summed E-state index contributed by atoms with van der Waals surface area (Å²) in [6.07, 6.45) is 0. The quantitative estimate of drug-likeness (QED) is 0.683. The van der Waals surface area contributed by atoms with Gasteiger partial charge in [0, 0.05) is 0 Å². The normalized spacial score (nSPS) is 10.7. The lowest BCUT2D eigenvalue weighted by atomic mass is 10.1. The Labute approximate surface area is 120 Å². The lowest BCUT2D eigenvalue weighted by Crippen LogP contribution is -2.04. The van der Waals surface area contributed by atoms with Crippen LogP contribution in [0.1, 0.15) is 20.9 Å². The number of aryl methyl sites for hydroxylation is 1. The third kappa shape index (κ3) is 2.70. The van der Waals surface area contributed by atoms with Gasteiger partial charge in [-0.2, -0.15) is 0 Å². The molecule has 4 heteroatoms. The molecule has 20 heavy (non-hydrogen) atoms. The van der Waals surface area contributed by atoms with Crippen molar-refractivity contribution in [2.45, 2.75) is 13.5 Å². The molecular formula is C16H13NO2S. The van der Waals surface area contributed by atoms with Crippen molar-refractivity contribution < 1.29 is 9.53 Å². The number of hydrogen-bond donors (Lipinski definition) is 0. The van der Waals surface area contributed by atoms with Crippen LogP contribution in [0.4, 0.5) is 0 Å². The standard InChI is InChI=1S/C16H13NO2S/c1-11-6-8-12(9-7-11)16(18)19-10-15-17-13-4-2-3-5-14(13)20-15/h2-9H,10H2,1H3. The van der Waals surface area contributed by atoms with Crippen LogP contribution in [0.15, 0.2) is 48.5 Å². The van der Waals surface area contributed by atoms with Gasteiger partial charge in [0.05, 0.1) is 15.8 Å².